The highest BCUT2D eigenvalue weighted by Crippen LogP contribution is 2.38. The van der Waals surface area contributed by atoms with Gasteiger partial charge in [-0.05, 0) is 37.5 Å². The number of ether oxygens (including phenoxy) is 2. The zero-order chi connectivity index (χ0) is 13.2. The van der Waals surface area contributed by atoms with Crippen molar-refractivity contribution >= 4 is 17.9 Å². The third kappa shape index (κ3) is 2.03. The zero-order valence-electron chi connectivity index (χ0n) is 10.1. The fraction of sp³-hybridized carbons (Fsp3) is 0.385. The van der Waals surface area contributed by atoms with Gasteiger partial charge in [0.05, 0.1) is 12.7 Å². The molecule has 2 N–H and O–H groups in total. The maximum atomic E-state index is 11.7. The molecule has 0 aromatic heterocycles. The smallest absolute Gasteiger partial charge is 0.350 e. The van der Waals surface area contributed by atoms with Crippen LogP contribution >= 0.6 is 0 Å². The molecule has 96 valence electrons. The largest absolute Gasteiger partial charge is 0.475 e. The normalized spacial score (nSPS) is 16.5. The number of nitrogens with two attached hydrogens (primary N) is 1. The monoisotopic (exact) mass is 249 g/mol. The minimum absolute atomic E-state index is 0.338. The van der Waals surface area contributed by atoms with Crippen LogP contribution in [0.4, 0.5) is 5.69 Å². The van der Waals surface area contributed by atoms with Crippen molar-refractivity contribution in [2.24, 2.45) is 0 Å². The highest BCUT2D eigenvalue weighted by molar-refractivity contribution is 5.84. The van der Waals surface area contributed by atoms with Crippen LogP contribution < -0.4 is 10.5 Å². The molecule has 0 unspecified atom stereocenters. The van der Waals surface area contributed by atoms with Gasteiger partial charge in [-0.3, -0.25) is 4.79 Å². The second kappa shape index (κ2) is 4.68. The number of hydrogen-bond acceptors (Lipinski definition) is 5. The van der Waals surface area contributed by atoms with Crippen LogP contribution in [0, 0.1) is 0 Å². The molecule has 0 amide bonds. The molecule has 1 aliphatic rings. The molecule has 0 heterocycles. The lowest BCUT2D eigenvalue weighted by atomic mass is 9.80. The summed E-state index contributed by atoms with van der Waals surface area (Å²) in [5.41, 5.74) is 5.47. The Labute approximate surface area is 105 Å². The van der Waals surface area contributed by atoms with Crippen molar-refractivity contribution in [1.82, 2.24) is 0 Å². The van der Waals surface area contributed by atoms with Crippen LogP contribution in [0.5, 0.6) is 5.75 Å². The molecular formula is C13H15NO4. The Hall–Kier alpha value is -2.04. The number of benzene rings is 1. The molecule has 0 bridgehead atoms. The molecule has 5 heteroatoms. The van der Waals surface area contributed by atoms with Crippen molar-refractivity contribution in [3.8, 4) is 5.75 Å². The summed E-state index contributed by atoms with van der Waals surface area (Å²) in [6.45, 7) is 0. The van der Waals surface area contributed by atoms with E-state index in [1.807, 2.05) is 0 Å². The first kappa shape index (κ1) is 12.4. The molecule has 0 saturated heterocycles. The quantitative estimate of drug-likeness (QED) is 0.497. The van der Waals surface area contributed by atoms with E-state index in [2.05, 4.69) is 0 Å². The van der Waals surface area contributed by atoms with Gasteiger partial charge in [-0.1, -0.05) is 0 Å². The van der Waals surface area contributed by atoms with E-state index in [4.69, 9.17) is 15.2 Å². The number of nitrogen functional groups attached to an aromatic ring is 1. The van der Waals surface area contributed by atoms with E-state index >= 15 is 0 Å². The Morgan fingerprint density at radius 2 is 2.17 bits per heavy atom. The van der Waals surface area contributed by atoms with Gasteiger partial charge < -0.3 is 15.2 Å². The number of rotatable bonds is 4. The molecule has 0 spiro atoms. The van der Waals surface area contributed by atoms with E-state index in [0.717, 1.165) is 6.42 Å². The van der Waals surface area contributed by atoms with Crippen LogP contribution in [-0.2, 0) is 9.53 Å². The van der Waals surface area contributed by atoms with Crippen LogP contribution in [-0.4, -0.2) is 25.0 Å². The lowest BCUT2D eigenvalue weighted by molar-refractivity contribution is -0.167. The minimum atomic E-state index is -0.942. The van der Waals surface area contributed by atoms with Crippen molar-refractivity contribution in [3.05, 3.63) is 23.8 Å². The van der Waals surface area contributed by atoms with Gasteiger partial charge in [0.1, 0.15) is 5.75 Å². The van der Waals surface area contributed by atoms with Crippen LogP contribution in [0.3, 0.4) is 0 Å². The van der Waals surface area contributed by atoms with Crippen molar-refractivity contribution in [1.29, 1.82) is 0 Å². The summed E-state index contributed by atoms with van der Waals surface area (Å²) in [6, 6.07) is 4.75. The Bertz CT molecular complexity index is 480. The Balaban J connectivity index is 2.27. The molecule has 0 radical (unpaired) electrons. The summed E-state index contributed by atoms with van der Waals surface area (Å²) in [4.78, 5) is 22.7. The van der Waals surface area contributed by atoms with Gasteiger partial charge >= 0.3 is 5.97 Å². The number of carbonyl (C=O) groups is 2. The lowest BCUT2D eigenvalue weighted by Crippen LogP contribution is -2.51. The number of hydrogen-bond donors (Lipinski definition) is 1. The molecule has 1 aromatic rings. The minimum Gasteiger partial charge on any atom is -0.475 e. The van der Waals surface area contributed by atoms with E-state index in [-0.39, 0.29) is 0 Å². The number of anilines is 1. The number of aldehydes is 1. The summed E-state index contributed by atoms with van der Waals surface area (Å²) in [5.74, 6) is -0.0354. The summed E-state index contributed by atoms with van der Waals surface area (Å²) < 4.78 is 10.5. The Morgan fingerprint density at radius 1 is 1.44 bits per heavy atom. The second-order valence-electron chi connectivity index (χ2n) is 4.36. The number of carbonyl (C=O) groups excluding carboxylic acids is 2. The Morgan fingerprint density at radius 3 is 2.67 bits per heavy atom. The summed E-state index contributed by atoms with van der Waals surface area (Å²) in [7, 11) is 1.33. The van der Waals surface area contributed by atoms with Crippen LogP contribution in [0.25, 0.3) is 0 Å². The highest BCUT2D eigenvalue weighted by atomic mass is 16.6. The number of methoxy groups -OCH3 is 1. The van der Waals surface area contributed by atoms with Gasteiger partial charge in [0.2, 0.25) is 5.60 Å². The third-order valence-electron chi connectivity index (χ3n) is 3.18. The fourth-order valence-electron chi connectivity index (χ4n) is 1.99. The van der Waals surface area contributed by atoms with Gasteiger partial charge in [0.15, 0.2) is 6.29 Å². The Kier molecular flexibility index (Phi) is 3.23. The summed E-state index contributed by atoms with van der Waals surface area (Å²) in [6.07, 6.45) is 2.76. The topological polar surface area (TPSA) is 78.6 Å². The molecule has 1 fully saturated rings. The zero-order valence-corrected chi connectivity index (χ0v) is 10.1. The molecule has 2 rings (SSSR count). The average Bonchev–Trinajstić information content (AvgIpc) is 2.34. The molecule has 5 nitrogen and oxygen atoms in total. The predicted molar refractivity (Wildman–Crippen MR) is 65.5 cm³/mol. The highest BCUT2D eigenvalue weighted by Gasteiger charge is 2.48. The van der Waals surface area contributed by atoms with Gasteiger partial charge in [0.25, 0.3) is 0 Å². The molecular weight excluding hydrogens is 234 g/mol. The first-order chi connectivity index (χ1) is 8.61. The average molecular weight is 249 g/mol. The van der Waals surface area contributed by atoms with Crippen LogP contribution in [0.2, 0.25) is 0 Å². The van der Waals surface area contributed by atoms with E-state index in [9.17, 15) is 9.59 Å². The molecule has 0 atom stereocenters. The van der Waals surface area contributed by atoms with Crippen LogP contribution in [0.15, 0.2) is 18.2 Å². The van der Waals surface area contributed by atoms with Crippen LogP contribution in [0.1, 0.15) is 29.6 Å². The maximum absolute atomic E-state index is 11.7. The molecule has 1 aromatic carbocycles. The second-order valence-corrected chi connectivity index (χ2v) is 4.36. The van der Waals surface area contributed by atoms with Crippen molar-refractivity contribution < 1.29 is 19.1 Å². The third-order valence-corrected chi connectivity index (χ3v) is 3.18. The standard InChI is InChI=1S/C13H15NO4/c1-17-12(16)13(5-2-6-13)18-11-4-3-10(14)7-9(11)8-15/h3-4,7-8H,2,5-6,14H2,1H3. The van der Waals surface area contributed by atoms with E-state index < -0.39 is 11.6 Å². The van der Waals surface area contributed by atoms with E-state index in [1.54, 1.807) is 12.1 Å². The molecule has 1 aliphatic carbocycles. The summed E-state index contributed by atoms with van der Waals surface area (Å²) in [5, 5.41) is 0. The van der Waals surface area contributed by atoms with Crippen molar-refractivity contribution in [2.75, 3.05) is 12.8 Å². The van der Waals surface area contributed by atoms with E-state index in [0.29, 0.717) is 36.1 Å². The predicted octanol–water partition coefficient (Wildman–Crippen LogP) is 1.56. The molecule has 1 saturated carbocycles. The number of esters is 1. The molecule has 0 aliphatic heterocycles. The summed E-state index contributed by atoms with van der Waals surface area (Å²) >= 11 is 0. The van der Waals surface area contributed by atoms with Gasteiger partial charge in [-0.25, -0.2) is 4.79 Å². The van der Waals surface area contributed by atoms with Gasteiger partial charge in [-0.2, -0.15) is 0 Å². The first-order valence-electron chi connectivity index (χ1n) is 5.73. The van der Waals surface area contributed by atoms with Gasteiger partial charge in [-0.15, -0.1) is 0 Å². The van der Waals surface area contributed by atoms with Crippen molar-refractivity contribution in [3.63, 3.8) is 0 Å². The first-order valence-corrected chi connectivity index (χ1v) is 5.73. The molecule has 18 heavy (non-hydrogen) atoms. The van der Waals surface area contributed by atoms with Gasteiger partial charge in [0, 0.05) is 5.69 Å². The lowest BCUT2D eigenvalue weighted by Gasteiger charge is -2.39. The van der Waals surface area contributed by atoms with Crippen molar-refractivity contribution in [2.45, 2.75) is 24.9 Å². The van der Waals surface area contributed by atoms with E-state index in [1.165, 1.54) is 13.2 Å². The SMILES string of the molecule is COC(=O)C1(Oc2ccc(N)cc2C=O)CCC1. The maximum Gasteiger partial charge on any atom is 0.350 e. The fourth-order valence-corrected chi connectivity index (χ4v) is 1.99.